The van der Waals surface area contributed by atoms with Gasteiger partial charge in [0.2, 0.25) is 17.7 Å². The van der Waals surface area contributed by atoms with E-state index in [-0.39, 0.29) is 17.7 Å². The second-order valence-electron chi connectivity index (χ2n) is 5.66. The first-order valence-corrected chi connectivity index (χ1v) is 11.1. The molecule has 0 aromatic rings. The first-order chi connectivity index (χ1) is 15.0. The normalized spacial score (nSPS) is 9.06. The Balaban J connectivity index is -0.00000184. The van der Waals surface area contributed by atoms with E-state index >= 15 is 0 Å². The lowest BCUT2D eigenvalue weighted by Crippen LogP contribution is -2.44. The van der Waals surface area contributed by atoms with E-state index in [1.165, 1.54) is 18.2 Å². The summed E-state index contributed by atoms with van der Waals surface area (Å²) >= 11 is 0. The number of hydrogen-bond donors (Lipinski definition) is 3. The Morgan fingerprint density at radius 2 is 1.13 bits per heavy atom. The number of hydrogen-bond acceptors (Lipinski definition) is 5. The van der Waals surface area contributed by atoms with Crippen molar-refractivity contribution in [1.29, 1.82) is 0 Å². The fraction of sp³-hybridized carbons (Fsp3) is 0.609. The molecule has 8 nitrogen and oxygen atoms in total. The quantitative estimate of drug-likeness (QED) is 0.251. The van der Waals surface area contributed by atoms with Gasteiger partial charge in [-0.3, -0.25) is 14.4 Å². The molecule has 3 N–H and O–H groups in total. The van der Waals surface area contributed by atoms with Crippen molar-refractivity contribution in [2.75, 3.05) is 58.9 Å². The molecule has 0 aliphatic heterocycles. The molecule has 0 fully saturated rings. The molecule has 0 atom stereocenters. The molecule has 0 spiro atoms. The third-order valence-corrected chi connectivity index (χ3v) is 3.77. The summed E-state index contributed by atoms with van der Waals surface area (Å²) in [5.41, 5.74) is 0. The third kappa shape index (κ3) is 19.3. The van der Waals surface area contributed by atoms with Gasteiger partial charge in [-0.15, -0.1) is 0 Å². The second-order valence-corrected chi connectivity index (χ2v) is 5.66. The highest BCUT2D eigenvalue weighted by atomic mass is 16.2. The maximum absolute atomic E-state index is 12.0. The fourth-order valence-electron chi connectivity index (χ4n) is 2.24. The van der Waals surface area contributed by atoms with Crippen molar-refractivity contribution in [2.24, 2.45) is 0 Å². The molecule has 0 aromatic carbocycles. The van der Waals surface area contributed by atoms with E-state index in [1.54, 1.807) is 9.80 Å². The van der Waals surface area contributed by atoms with Crippen LogP contribution in [0, 0.1) is 0 Å². The maximum Gasteiger partial charge on any atom is 0.246 e. The molecule has 0 saturated carbocycles. The van der Waals surface area contributed by atoms with Gasteiger partial charge in [-0.25, -0.2) is 0 Å². The van der Waals surface area contributed by atoms with E-state index in [9.17, 15) is 14.4 Å². The van der Waals surface area contributed by atoms with E-state index in [4.69, 9.17) is 0 Å². The summed E-state index contributed by atoms with van der Waals surface area (Å²) in [5, 5.41) is 8.99. The molecule has 31 heavy (non-hydrogen) atoms. The van der Waals surface area contributed by atoms with Crippen LogP contribution >= 0.6 is 0 Å². The van der Waals surface area contributed by atoms with Gasteiger partial charge in [0.05, 0.1) is 0 Å². The molecule has 0 bridgehead atoms. The number of rotatable bonds is 16. The van der Waals surface area contributed by atoms with Gasteiger partial charge in [0.15, 0.2) is 0 Å². The van der Waals surface area contributed by atoms with Crippen LogP contribution < -0.4 is 16.0 Å². The number of likely N-dealkylation sites (N-methyl/N-ethyl adjacent to an activating group) is 1. The predicted octanol–water partition coefficient (Wildman–Crippen LogP) is 1.57. The van der Waals surface area contributed by atoms with Crippen molar-refractivity contribution >= 4 is 17.7 Å². The Morgan fingerprint density at radius 3 is 1.52 bits per heavy atom. The number of amides is 3. The third-order valence-electron chi connectivity index (χ3n) is 3.77. The number of carbonyl (C=O) groups is 3. The van der Waals surface area contributed by atoms with E-state index < -0.39 is 0 Å². The minimum Gasteiger partial charge on any atom is -0.351 e. The minimum absolute atomic E-state index is 0.157. The van der Waals surface area contributed by atoms with E-state index in [2.05, 4.69) is 35.7 Å². The summed E-state index contributed by atoms with van der Waals surface area (Å²) < 4.78 is 0. The summed E-state index contributed by atoms with van der Waals surface area (Å²) in [4.78, 5) is 38.4. The largest absolute Gasteiger partial charge is 0.351 e. The highest BCUT2D eigenvalue weighted by Gasteiger charge is 2.14. The smallest absolute Gasteiger partial charge is 0.246 e. The van der Waals surface area contributed by atoms with Crippen LogP contribution in [-0.4, -0.2) is 86.4 Å². The molecule has 8 heteroatoms. The van der Waals surface area contributed by atoms with Gasteiger partial charge < -0.3 is 25.8 Å². The molecular formula is C23H45N5O3. The lowest BCUT2D eigenvalue weighted by molar-refractivity contribution is -0.129. The Bertz CT molecular complexity index is 509. The number of nitrogens with zero attached hydrogens (tertiary/aromatic N) is 2. The lowest BCUT2D eigenvalue weighted by atomic mass is 10.3. The molecule has 0 heterocycles. The maximum atomic E-state index is 12.0. The molecule has 0 aliphatic carbocycles. The Kier molecular flexibility index (Phi) is 27.4. The first kappa shape index (κ1) is 33.2. The van der Waals surface area contributed by atoms with Crippen molar-refractivity contribution in [3.8, 4) is 0 Å². The zero-order valence-corrected chi connectivity index (χ0v) is 20.3. The highest BCUT2D eigenvalue weighted by molar-refractivity contribution is 5.88. The number of carbonyl (C=O) groups excluding carboxylic acids is 3. The summed E-state index contributed by atoms with van der Waals surface area (Å²) in [5.74, 6) is -0.561. The molecule has 0 aromatic heterocycles. The standard InChI is InChI=1S/C19H33N5O3.2C2H6/c1-5-17(25)22-10-9-21-12-14-24(19(27)7-3)16-15-23(18(26)6-2)13-11-20-8-4;2*1-2/h5-7,20-21H,1-3,8-16H2,4H3,(H,22,25);2*1-2H3. The summed E-state index contributed by atoms with van der Waals surface area (Å²) in [7, 11) is 0. The van der Waals surface area contributed by atoms with Crippen molar-refractivity contribution < 1.29 is 14.4 Å². The Hall–Kier alpha value is -2.45. The summed E-state index contributed by atoms with van der Waals surface area (Å²) in [6.45, 7) is 25.4. The Labute approximate surface area is 189 Å². The van der Waals surface area contributed by atoms with E-state index in [0.717, 1.165) is 6.54 Å². The average molecular weight is 440 g/mol. The molecule has 3 amide bonds. The molecule has 180 valence electrons. The van der Waals surface area contributed by atoms with Crippen LogP contribution in [0.2, 0.25) is 0 Å². The first-order valence-electron chi connectivity index (χ1n) is 11.1. The van der Waals surface area contributed by atoms with Crippen LogP contribution in [-0.2, 0) is 14.4 Å². The molecule has 0 unspecified atom stereocenters. The fourth-order valence-corrected chi connectivity index (χ4v) is 2.24. The van der Waals surface area contributed by atoms with Crippen LogP contribution in [0.15, 0.2) is 38.0 Å². The molecular weight excluding hydrogens is 394 g/mol. The average Bonchev–Trinajstić information content (AvgIpc) is 2.83. The lowest BCUT2D eigenvalue weighted by Gasteiger charge is -2.27. The van der Waals surface area contributed by atoms with Crippen molar-refractivity contribution in [1.82, 2.24) is 25.8 Å². The van der Waals surface area contributed by atoms with Gasteiger partial charge in [0.1, 0.15) is 0 Å². The highest BCUT2D eigenvalue weighted by Crippen LogP contribution is 1.96. The van der Waals surface area contributed by atoms with Crippen molar-refractivity contribution in [3.05, 3.63) is 38.0 Å². The van der Waals surface area contributed by atoms with Crippen LogP contribution in [0.1, 0.15) is 34.6 Å². The van der Waals surface area contributed by atoms with Crippen LogP contribution in [0.4, 0.5) is 0 Å². The minimum atomic E-state index is -0.218. The van der Waals surface area contributed by atoms with Crippen molar-refractivity contribution in [3.63, 3.8) is 0 Å². The zero-order valence-electron chi connectivity index (χ0n) is 20.3. The molecule has 0 aliphatic rings. The second kappa shape index (κ2) is 25.6. The van der Waals surface area contributed by atoms with E-state index in [1.807, 2.05) is 34.6 Å². The van der Waals surface area contributed by atoms with Gasteiger partial charge in [-0.05, 0) is 24.8 Å². The van der Waals surface area contributed by atoms with Gasteiger partial charge in [0.25, 0.3) is 0 Å². The SMILES string of the molecule is C=CC(=O)NCCNCCN(CCN(CCNCC)C(=O)C=C)C(=O)C=C.CC.CC. The zero-order chi connectivity index (χ0) is 24.5. The van der Waals surface area contributed by atoms with Gasteiger partial charge in [-0.2, -0.15) is 0 Å². The van der Waals surface area contributed by atoms with Crippen LogP contribution in [0.25, 0.3) is 0 Å². The van der Waals surface area contributed by atoms with Crippen molar-refractivity contribution in [2.45, 2.75) is 34.6 Å². The van der Waals surface area contributed by atoms with Gasteiger partial charge >= 0.3 is 0 Å². The van der Waals surface area contributed by atoms with E-state index in [0.29, 0.717) is 52.4 Å². The predicted molar refractivity (Wildman–Crippen MR) is 131 cm³/mol. The summed E-state index contributed by atoms with van der Waals surface area (Å²) in [6.07, 6.45) is 3.77. The van der Waals surface area contributed by atoms with Crippen LogP contribution in [0.5, 0.6) is 0 Å². The molecule has 0 rings (SSSR count). The monoisotopic (exact) mass is 439 g/mol. The van der Waals surface area contributed by atoms with Crippen LogP contribution in [0.3, 0.4) is 0 Å². The number of nitrogens with one attached hydrogen (secondary N) is 3. The topological polar surface area (TPSA) is 93.8 Å². The van der Waals surface area contributed by atoms with Gasteiger partial charge in [-0.1, -0.05) is 54.4 Å². The molecule has 0 saturated heterocycles. The summed E-state index contributed by atoms with van der Waals surface area (Å²) in [6, 6.07) is 0. The van der Waals surface area contributed by atoms with Gasteiger partial charge in [0, 0.05) is 52.4 Å². The Morgan fingerprint density at radius 1 is 0.677 bits per heavy atom. The molecule has 0 radical (unpaired) electrons.